The van der Waals surface area contributed by atoms with Crippen LogP contribution in [0.4, 0.5) is 0 Å². The second kappa shape index (κ2) is 4.47. The Morgan fingerprint density at radius 3 is 3.13 bits per heavy atom. The Morgan fingerprint density at radius 1 is 1.53 bits per heavy atom. The summed E-state index contributed by atoms with van der Waals surface area (Å²) in [6.45, 7) is 0. The Hall–Kier alpha value is -1.31. The van der Waals surface area contributed by atoms with Gasteiger partial charge in [-0.2, -0.15) is 0 Å². The van der Waals surface area contributed by atoms with E-state index in [4.69, 9.17) is 4.74 Å². The summed E-state index contributed by atoms with van der Waals surface area (Å²) in [5, 5.41) is 0. The highest BCUT2D eigenvalue weighted by atomic mass is 16.5. The first-order chi connectivity index (χ1) is 7.35. The van der Waals surface area contributed by atoms with Gasteiger partial charge in [-0.3, -0.25) is 0 Å². The number of aryl methyl sites for hydroxylation is 1. The largest absolute Gasteiger partial charge is 0.497 e. The molecule has 0 saturated heterocycles. The van der Waals surface area contributed by atoms with Crippen LogP contribution in [0, 0.1) is 0 Å². The molecule has 2 rings (SSSR count). The SMILES string of the molecule is COc1ccc2c(c1)CCCC2CC=O. The number of hydrogen-bond donors (Lipinski definition) is 0. The van der Waals surface area contributed by atoms with Crippen molar-refractivity contribution in [3.05, 3.63) is 29.3 Å². The molecule has 1 aromatic carbocycles. The standard InChI is InChI=1S/C13H16O2/c1-15-12-5-6-13-10(7-8-14)3-2-4-11(13)9-12/h5-6,8-10H,2-4,7H2,1H3. The van der Waals surface area contributed by atoms with Crippen LogP contribution in [-0.4, -0.2) is 13.4 Å². The fraction of sp³-hybridized carbons (Fsp3) is 0.462. The van der Waals surface area contributed by atoms with E-state index in [-0.39, 0.29) is 0 Å². The van der Waals surface area contributed by atoms with Crippen molar-refractivity contribution in [1.82, 2.24) is 0 Å². The van der Waals surface area contributed by atoms with Crippen LogP contribution in [0.2, 0.25) is 0 Å². The Morgan fingerprint density at radius 2 is 2.40 bits per heavy atom. The van der Waals surface area contributed by atoms with Crippen LogP contribution in [0.5, 0.6) is 5.75 Å². The van der Waals surface area contributed by atoms with Gasteiger partial charge in [-0.25, -0.2) is 0 Å². The number of methoxy groups -OCH3 is 1. The number of aldehydes is 1. The lowest BCUT2D eigenvalue weighted by atomic mass is 9.81. The molecule has 0 heterocycles. The van der Waals surface area contributed by atoms with Crippen LogP contribution >= 0.6 is 0 Å². The van der Waals surface area contributed by atoms with Crippen LogP contribution in [0.15, 0.2) is 18.2 Å². The smallest absolute Gasteiger partial charge is 0.120 e. The summed E-state index contributed by atoms with van der Waals surface area (Å²) >= 11 is 0. The summed E-state index contributed by atoms with van der Waals surface area (Å²) in [7, 11) is 1.69. The number of carbonyl (C=O) groups is 1. The minimum atomic E-state index is 0.428. The van der Waals surface area contributed by atoms with Gasteiger partial charge in [0.15, 0.2) is 0 Å². The monoisotopic (exact) mass is 204 g/mol. The molecule has 0 aliphatic heterocycles. The average Bonchev–Trinajstić information content (AvgIpc) is 2.29. The summed E-state index contributed by atoms with van der Waals surface area (Å²) in [6.07, 6.45) is 5.11. The molecule has 2 heteroatoms. The summed E-state index contributed by atoms with van der Waals surface area (Å²) in [5.74, 6) is 1.35. The number of ether oxygens (including phenoxy) is 1. The van der Waals surface area contributed by atoms with Crippen molar-refractivity contribution in [2.45, 2.75) is 31.6 Å². The first-order valence-electron chi connectivity index (χ1n) is 5.45. The normalized spacial score (nSPS) is 19.4. The van der Waals surface area contributed by atoms with Crippen molar-refractivity contribution in [2.24, 2.45) is 0 Å². The van der Waals surface area contributed by atoms with E-state index in [1.807, 2.05) is 6.07 Å². The predicted octanol–water partition coefficient (Wildman–Crippen LogP) is 2.70. The third-order valence-corrected chi connectivity index (χ3v) is 3.17. The Kier molecular flexibility index (Phi) is 3.05. The molecule has 15 heavy (non-hydrogen) atoms. The molecule has 0 N–H and O–H groups in total. The van der Waals surface area contributed by atoms with Gasteiger partial charge in [-0.05, 0) is 48.4 Å². The molecule has 0 fully saturated rings. The lowest BCUT2D eigenvalue weighted by Gasteiger charge is -2.24. The van der Waals surface area contributed by atoms with Crippen molar-refractivity contribution in [3.63, 3.8) is 0 Å². The molecule has 0 amide bonds. The molecule has 2 nitrogen and oxygen atoms in total. The van der Waals surface area contributed by atoms with Crippen LogP contribution in [-0.2, 0) is 11.2 Å². The van der Waals surface area contributed by atoms with Crippen molar-refractivity contribution >= 4 is 6.29 Å². The first-order valence-corrected chi connectivity index (χ1v) is 5.45. The highest BCUT2D eigenvalue weighted by Gasteiger charge is 2.19. The van der Waals surface area contributed by atoms with Crippen molar-refractivity contribution in [2.75, 3.05) is 7.11 Å². The quantitative estimate of drug-likeness (QED) is 0.707. The minimum absolute atomic E-state index is 0.428. The lowest BCUT2D eigenvalue weighted by molar-refractivity contribution is -0.108. The lowest BCUT2D eigenvalue weighted by Crippen LogP contribution is -2.10. The number of fused-ring (bicyclic) bond motifs is 1. The maximum atomic E-state index is 10.6. The topological polar surface area (TPSA) is 26.3 Å². The second-order valence-corrected chi connectivity index (χ2v) is 4.06. The van der Waals surface area contributed by atoms with Gasteiger partial charge < -0.3 is 9.53 Å². The predicted molar refractivity (Wildman–Crippen MR) is 59.4 cm³/mol. The van der Waals surface area contributed by atoms with Crippen LogP contribution in [0.3, 0.4) is 0 Å². The highest BCUT2D eigenvalue weighted by Crippen LogP contribution is 2.35. The number of carbonyl (C=O) groups excluding carboxylic acids is 1. The van der Waals surface area contributed by atoms with Gasteiger partial charge in [-0.15, -0.1) is 0 Å². The molecule has 1 unspecified atom stereocenters. The van der Waals surface area contributed by atoms with Gasteiger partial charge in [0.2, 0.25) is 0 Å². The molecule has 0 aromatic heterocycles. The van der Waals surface area contributed by atoms with E-state index >= 15 is 0 Å². The summed E-state index contributed by atoms with van der Waals surface area (Å²) < 4.78 is 5.21. The van der Waals surface area contributed by atoms with Gasteiger partial charge in [0.25, 0.3) is 0 Å². The van der Waals surface area contributed by atoms with Crippen LogP contribution in [0.1, 0.15) is 36.3 Å². The minimum Gasteiger partial charge on any atom is -0.497 e. The average molecular weight is 204 g/mol. The van der Waals surface area contributed by atoms with Gasteiger partial charge in [-0.1, -0.05) is 6.07 Å². The zero-order chi connectivity index (χ0) is 10.7. The van der Waals surface area contributed by atoms with Crippen molar-refractivity contribution < 1.29 is 9.53 Å². The molecular weight excluding hydrogens is 188 g/mol. The fourth-order valence-corrected chi connectivity index (χ4v) is 2.38. The van der Waals surface area contributed by atoms with Crippen LogP contribution < -0.4 is 4.74 Å². The van der Waals surface area contributed by atoms with E-state index in [1.54, 1.807) is 7.11 Å². The molecule has 0 spiro atoms. The second-order valence-electron chi connectivity index (χ2n) is 4.06. The van der Waals surface area contributed by atoms with Gasteiger partial charge >= 0.3 is 0 Å². The third kappa shape index (κ3) is 2.04. The third-order valence-electron chi connectivity index (χ3n) is 3.17. The van der Waals surface area contributed by atoms with E-state index in [1.165, 1.54) is 17.5 Å². The zero-order valence-electron chi connectivity index (χ0n) is 9.03. The van der Waals surface area contributed by atoms with E-state index in [0.717, 1.165) is 24.9 Å². The molecule has 0 saturated carbocycles. The molecule has 80 valence electrons. The summed E-state index contributed by atoms with van der Waals surface area (Å²) in [6, 6.07) is 6.20. The fourth-order valence-electron chi connectivity index (χ4n) is 2.38. The van der Waals surface area contributed by atoms with Crippen molar-refractivity contribution in [1.29, 1.82) is 0 Å². The Labute approximate surface area is 90.3 Å². The Balaban J connectivity index is 2.31. The van der Waals surface area contributed by atoms with Gasteiger partial charge in [0.1, 0.15) is 12.0 Å². The molecule has 1 atom stereocenters. The van der Waals surface area contributed by atoms with E-state index in [9.17, 15) is 4.79 Å². The van der Waals surface area contributed by atoms with E-state index in [2.05, 4.69) is 12.1 Å². The maximum absolute atomic E-state index is 10.6. The molecule has 0 radical (unpaired) electrons. The number of benzene rings is 1. The summed E-state index contributed by atoms with van der Waals surface area (Å²) in [5.41, 5.74) is 2.70. The maximum Gasteiger partial charge on any atom is 0.120 e. The number of hydrogen-bond acceptors (Lipinski definition) is 2. The summed E-state index contributed by atoms with van der Waals surface area (Å²) in [4.78, 5) is 10.6. The van der Waals surface area contributed by atoms with Gasteiger partial charge in [0, 0.05) is 6.42 Å². The van der Waals surface area contributed by atoms with Gasteiger partial charge in [0.05, 0.1) is 7.11 Å². The molecule has 1 aromatic rings. The van der Waals surface area contributed by atoms with E-state index in [0.29, 0.717) is 12.3 Å². The van der Waals surface area contributed by atoms with Crippen molar-refractivity contribution in [3.8, 4) is 5.75 Å². The first kappa shape index (κ1) is 10.2. The zero-order valence-corrected chi connectivity index (χ0v) is 9.03. The molecule has 1 aliphatic rings. The molecule has 0 bridgehead atoms. The van der Waals surface area contributed by atoms with Crippen LogP contribution in [0.25, 0.3) is 0 Å². The van der Waals surface area contributed by atoms with E-state index < -0.39 is 0 Å². The Bertz CT molecular complexity index is 358. The number of rotatable bonds is 3. The molecular formula is C13H16O2. The highest BCUT2D eigenvalue weighted by molar-refractivity contribution is 5.53. The molecule has 1 aliphatic carbocycles.